The van der Waals surface area contributed by atoms with Crippen LogP contribution in [0.15, 0.2) is 11.8 Å². The predicted molar refractivity (Wildman–Crippen MR) is 38.3 cm³/mol. The van der Waals surface area contributed by atoms with Crippen molar-refractivity contribution in [1.29, 1.82) is 0 Å². The Bertz CT molecular complexity index is 134. The lowest BCUT2D eigenvalue weighted by Gasteiger charge is -2.26. The van der Waals surface area contributed by atoms with E-state index in [4.69, 9.17) is 5.11 Å². The maximum Gasteiger partial charge on any atom is 0.0883 e. The Hall–Kier alpha value is -0.460. The molecule has 0 fully saturated rings. The largest absolute Gasteiger partial charge is 0.513 e. The summed E-state index contributed by atoms with van der Waals surface area (Å²) in [5.74, 6) is 0.578. The summed E-state index contributed by atoms with van der Waals surface area (Å²) < 4.78 is 0. The molecule has 1 rings (SSSR count). The van der Waals surface area contributed by atoms with Crippen molar-refractivity contribution in [2.24, 2.45) is 5.41 Å². The van der Waals surface area contributed by atoms with Crippen molar-refractivity contribution in [1.82, 2.24) is 0 Å². The summed E-state index contributed by atoms with van der Waals surface area (Å²) in [5.41, 5.74) is 0.423. The fraction of sp³-hybridized carbons (Fsp3) is 0.750. The van der Waals surface area contributed by atoms with Gasteiger partial charge in [-0.3, -0.25) is 0 Å². The summed E-state index contributed by atoms with van der Waals surface area (Å²) in [4.78, 5) is 0. The molecule has 9 heavy (non-hydrogen) atoms. The molecule has 0 unspecified atom stereocenters. The number of allylic oxidation sites excluding steroid dienone is 2. The van der Waals surface area contributed by atoms with E-state index < -0.39 is 0 Å². The lowest BCUT2D eigenvalue weighted by molar-refractivity contribution is 0.270. The van der Waals surface area contributed by atoms with Gasteiger partial charge in [0.05, 0.1) is 5.76 Å². The Balaban J connectivity index is 2.56. The Morgan fingerprint density at radius 1 is 1.56 bits per heavy atom. The van der Waals surface area contributed by atoms with Crippen LogP contribution in [0.25, 0.3) is 0 Å². The molecule has 0 aliphatic heterocycles. The van der Waals surface area contributed by atoms with Crippen molar-refractivity contribution < 1.29 is 5.11 Å². The van der Waals surface area contributed by atoms with Crippen molar-refractivity contribution in [2.75, 3.05) is 0 Å². The van der Waals surface area contributed by atoms with Gasteiger partial charge in [0.15, 0.2) is 0 Å². The van der Waals surface area contributed by atoms with Crippen LogP contribution in [-0.4, -0.2) is 5.11 Å². The summed E-state index contributed by atoms with van der Waals surface area (Å²) in [7, 11) is 0. The summed E-state index contributed by atoms with van der Waals surface area (Å²) in [6, 6.07) is 0. The standard InChI is InChI=1S/C8H14O/c1-8(2)5-3-7(9)4-6-8/h3,9H,4-6H2,1-2H3. The maximum atomic E-state index is 9.00. The van der Waals surface area contributed by atoms with Gasteiger partial charge in [-0.05, 0) is 24.3 Å². The summed E-state index contributed by atoms with van der Waals surface area (Å²) in [5, 5.41) is 9.00. The van der Waals surface area contributed by atoms with Gasteiger partial charge < -0.3 is 5.11 Å². The summed E-state index contributed by atoms with van der Waals surface area (Å²) >= 11 is 0. The zero-order valence-corrected chi connectivity index (χ0v) is 6.15. The highest BCUT2D eigenvalue weighted by Crippen LogP contribution is 2.32. The molecule has 52 valence electrons. The average molecular weight is 126 g/mol. The number of aliphatic hydroxyl groups excluding tert-OH is 1. The lowest BCUT2D eigenvalue weighted by atomic mass is 9.80. The molecular weight excluding hydrogens is 112 g/mol. The fourth-order valence-corrected chi connectivity index (χ4v) is 1.06. The Morgan fingerprint density at radius 2 is 2.22 bits per heavy atom. The van der Waals surface area contributed by atoms with Gasteiger partial charge in [0.1, 0.15) is 0 Å². The molecule has 1 heteroatoms. The van der Waals surface area contributed by atoms with Crippen LogP contribution in [0.5, 0.6) is 0 Å². The fourth-order valence-electron chi connectivity index (χ4n) is 1.06. The quantitative estimate of drug-likeness (QED) is 0.529. The van der Waals surface area contributed by atoms with Gasteiger partial charge in [0.2, 0.25) is 0 Å². The number of rotatable bonds is 0. The van der Waals surface area contributed by atoms with Gasteiger partial charge in [-0.2, -0.15) is 0 Å². The molecule has 0 aromatic carbocycles. The predicted octanol–water partition coefficient (Wildman–Crippen LogP) is 2.64. The van der Waals surface area contributed by atoms with Crippen molar-refractivity contribution in [2.45, 2.75) is 33.1 Å². The number of hydrogen-bond donors (Lipinski definition) is 1. The highest BCUT2D eigenvalue weighted by molar-refractivity contribution is 4.99. The first-order valence-electron chi connectivity index (χ1n) is 3.48. The number of hydrogen-bond acceptors (Lipinski definition) is 1. The second-order valence-electron chi connectivity index (χ2n) is 3.56. The van der Waals surface area contributed by atoms with E-state index in [2.05, 4.69) is 13.8 Å². The second kappa shape index (κ2) is 2.05. The molecular formula is C8H14O. The molecule has 0 aromatic rings. The first kappa shape index (κ1) is 6.66. The highest BCUT2D eigenvalue weighted by Gasteiger charge is 2.20. The molecule has 0 heterocycles. The maximum absolute atomic E-state index is 9.00. The molecule has 0 saturated heterocycles. The Kier molecular flexibility index (Phi) is 1.52. The van der Waals surface area contributed by atoms with Crippen LogP contribution in [0.2, 0.25) is 0 Å². The second-order valence-corrected chi connectivity index (χ2v) is 3.56. The third kappa shape index (κ3) is 1.74. The van der Waals surface area contributed by atoms with Gasteiger partial charge in [0, 0.05) is 6.42 Å². The van der Waals surface area contributed by atoms with E-state index in [1.165, 1.54) is 0 Å². The van der Waals surface area contributed by atoms with Crippen molar-refractivity contribution in [3.8, 4) is 0 Å². The van der Waals surface area contributed by atoms with E-state index in [1.807, 2.05) is 6.08 Å². The van der Waals surface area contributed by atoms with Crippen LogP contribution < -0.4 is 0 Å². The minimum Gasteiger partial charge on any atom is -0.513 e. The lowest BCUT2D eigenvalue weighted by Crippen LogP contribution is -2.14. The zero-order valence-electron chi connectivity index (χ0n) is 6.15. The Labute approximate surface area is 56.4 Å². The van der Waals surface area contributed by atoms with E-state index in [9.17, 15) is 0 Å². The van der Waals surface area contributed by atoms with E-state index >= 15 is 0 Å². The normalized spacial score (nSPS) is 25.3. The molecule has 1 nitrogen and oxygen atoms in total. The average Bonchev–Trinajstić information content (AvgIpc) is 1.78. The highest BCUT2D eigenvalue weighted by atomic mass is 16.3. The molecule has 1 aliphatic rings. The molecule has 0 saturated carbocycles. The molecule has 0 radical (unpaired) electrons. The van der Waals surface area contributed by atoms with Gasteiger partial charge in [-0.15, -0.1) is 0 Å². The number of aliphatic hydroxyl groups is 1. The van der Waals surface area contributed by atoms with Crippen molar-refractivity contribution in [3.05, 3.63) is 11.8 Å². The zero-order chi connectivity index (χ0) is 6.91. The topological polar surface area (TPSA) is 20.2 Å². The molecule has 1 N–H and O–H groups in total. The molecule has 0 bridgehead atoms. The van der Waals surface area contributed by atoms with Crippen molar-refractivity contribution in [3.63, 3.8) is 0 Å². The summed E-state index contributed by atoms with van der Waals surface area (Å²) in [6.07, 6.45) is 4.95. The molecule has 0 spiro atoms. The van der Waals surface area contributed by atoms with Crippen LogP contribution in [0, 0.1) is 5.41 Å². The minimum atomic E-state index is 0.423. The van der Waals surface area contributed by atoms with Crippen LogP contribution in [-0.2, 0) is 0 Å². The van der Waals surface area contributed by atoms with Crippen molar-refractivity contribution >= 4 is 0 Å². The van der Waals surface area contributed by atoms with Gasteiger partial charge in [-0.1, -0.05) is 13.8 Å². The van der Waals surface area contributed by atoms with Crippen LogP contribution in [0.1, 0.15) is 33.1 Å². The molecule has 0 aromatic heterocycles. The summed E-state index contributed by atoms with van der Waals surface area (Å²) in [6.45, 7) is 4.46. The molecule has 0 atom stereocenters. The third-order valence-corrected chi connectivity index (χ3v) is 1.95. The van der Waals surface area contributed by atoms with Crippen LogP contribution in [0.3, 0.4) is 0 Å². The molecule has 0 amide bonds. The van der Waals surface area contributed by atoms with Gasteiger partial charge in [-0.25, -0.2) is 0 Å². The van der Waals surface area contributed by atoms with E-state index in [1.54, 1.807) is 0 Å². The third-order valence-electron chi connectivity index (χ3n) is 1.95. The van der Waals surface area contributed by atoms with Crippen LogP contribution in [0.4, 0.5) is 0 Å². The SMILES string of the molecule is CC1(C)CC=C(O)CC1. The first-order valence-corrected chi connectivity index (χ1v) is 3.48. The van der Waals surface area contributed by atoms with Crippen LogP contribution >= 0.6 is 0 Å². The Morgan fingerprint density at radius 3 is 2.56 bits per heavy atom. The molecule has 1 aliphatic carbocycles. The van der Waals surface area contributed by atoms with Gasteiger partial charge >= 0.3 is 0 Å². The van der Waals surface area contributed by atoms with Gasteiger partial charge in [0.25, 0.3) is 0 Å². The smallest absolute Gasteiger partial charge is 0.0883 e. The van der Waals surface area contributed by atoms with E-state index in [-0.39, 0.29) is 0 Å². The van der Waals surface area contributed by atoms with E-state index in [0.717, 1.165) is 19.3 Å². The first-order chi connectivity index (χ1) is 4.10. The monoisotopic (exact) mass is 126 g/mol. The van der Waals surface area contributed by atoms with E-state index in [0.29, 0.717) is 11.2 Å². The minimum absolute atomic E-state index is 0.423.